The highest BCUT2D eigenvalue weighted by Crippen LogP contribution is 2.51. The second-order valence-corrected chi connectivity index (χ2v) is 8.97. The predicted octanol–water partition coefficient (Wildman–Crippen LogP) is 4.54. The summed E-state index contributed by atoms with van der Waals surface area (Å²) in [7, 11) is 3.24. The fraction of sp³-hybridized carbons (Fsp3) is 0.538. The van der Waals surface area contributed by atoms with Crippen LogP contribution in [0.3, 0.4) is 0 Å². The van der Waals surface area contributed by atoms with Gasteiger partial charge in [-0.2, -0.15) is 0 Å². The van der Waals surface area contributed by atoms with E-state index in [4.69, 9.17) is 23.7 Å². The van der Waals surface area contributed by atoms with Crippen LogP contribution in [-0.2, 0) is 9.47 Å². The highest BCUT2D eigenvalue weighted by atomic mass is 16.5. The van der Waals surface area contributed by atoms with E-state index in [2.05, 4.69) is 13.8 Å². The quantitative estimate of drug-likeness (QED) is 0.371. The van der Waals surface area contributed by atoms with Crippen LogP contribution in [0.4, 0.5) is 0 Å². The third-order valence-electron chi connectivity index (χ3n) is 6.11. The van der Waals surface area contributed by atoms with E-state index in [9.17, 15) is 9.59 Å². The molecule has 1 aromatic heterocycles. The lowest BCUT2D eigenvalue weighted by Gasteiger charge is -2.33. The molecule has 1 aromatic carbocycles. The van der Waals surface area contributed by atoms with Crippen LogP contribution in [0.15, 0.2) is 23.0 Å². The summed E-state index contributed by atoms with van der Waals surface area (Å²) in [6.07, 6.45) is 2.18. The van der Waals surface area contributed by atoms with Crippen LogP contribution in [-0.4, -0.2) is 44.6 Å². The van der Waals surface area contributed by atoms with Gasteiger partial charge in [-0.3, -0.25) is 4.79 Å². The average molecular weight is 472 g/mol. The van der Waals surface area contributed by atoms with Crippen LogP contribution >= 0.6 is 0 Å². The molecule has 1 fully saturated rings. The van der Waals surface area contributed by atoms with Crippen molar-refractivity contribution in [3.8, 4) is 28.5 Å². The first-order chi connectivity index (χ1) is 16.4. The minimum absolute atomic E-state index is 0.0466. The molecule has 184 valence electrons. The molecular weight excluding hydrogens is 438 g/mol. The first-order valence-corrected chi connectivity index (χ1v) is 11.9. The van der Waals surface area contributed by atoms with Crippen molar-refractivity contribution in [2.75, 3.05) is 34.0 Å². The van der Waals surface area contributed by atoms with Gasteiger partial charge in [0.25, 0.3) is 5.56 Å². The van der Waals surface area contributed by atoms with Gasteiger partial charge in [0.1, 0.15) is 17.4 Å². The summed E-state index contributed by atoms with van der Waals surface area (Å²) in [5, 5.41) is 0. The highest BCUT2D eigenvalue weighted by molar-refractivity contribution is 5.90. The Kier molecular flexibility index (Phi) is 7.16. The molecule has 2 aromatic rings. The van der Waals surface area contributed by atoms with E-state index in [1.165, 1.54) is 0 Å². The lowest BCUT2D eigenvalue weighted by molar-refractivity contribution is 0.0522. The molecule has 0 spiro atoms. The topological polar surface area (TPSA) is 85.2 Å². The molecule has 1 unspecified atom stereocenters. The Bertz CT molecular complexity index is 1120. The van der Waals surface area contributed by atoms with E-state index in [0.29, 0.717) is 30.5 Å². The Morgan fingerprint density at radius 2 is 1.91 bits per heavy atom. The molecule has 8 heteroatoms. The first-order valence-electron chi connectivity index (χ1n) is 11.9. The van der Waals surface area contributed by atoms with E-state index >= 15 is 0 Å². The van der Waals surface area contributed by atoms with Gasteiger partial charge in [0.15, 0.2) is 11.5 Å². The monoisotopic (exact) mass is 471 g/mol. The van der Waals surface area contributed by atoms with E-state index < -0.39 is 5.97 Å². The normalized spacial score (nSPS) is 16.5. The van der Waals surface area contributed by atoms with Crippen molar-refractivity contribution in [1.29, 1.82) is 0 Å². The Hall–Kier alpha value is -3.00. The van der Waals surface area contributed by atoms with Gasteiger partial charge in [-0.15, -0.1) is 0 Å². The van der Waals surface area contributed by atoms with Gasteiger partial charge in [0, 0.05) is 43.4 Å². The maximum Gasteiger partial charge on any atom is 0.343 e. The SMILES string of the molecule is CCOC(=O)c1cc2c(n(C3CC3)c1=O)-c1cc(OC)c(OCCCOC)cc1OC2C(C)C. The summed E-state index contributed by atoms with van der Waals surface area (Å²) in [6, 6.07) is 5.40. The van der Waals surface area contributed by atoms with Crippen molar-refractivity contribution < 1.29 is 28.5 Å². The van der Waals surface area contributed by atoms with Crippen molar-refractivity contribution in [3.05, 3.63) is 39.7 Å². The third-order valence-corrected chi connectivity index (χ3v) is 6.11. The Morgan fingerprint density at radius 3 is 2.53 bits per heavy atom. The second kappa shape index (κ2) is 10.1. The van der Waals surface area contributed by atoms with Crippen LogP contribution < -0.4 is 19.8 Å². The molecule has 1 aliphatic carbocycles. The van der Waals surface area contributed by atoms with Crippen molar-refractivity contribution >= 4 is 5.97 Å². The summed E-state index contributed by atoms with van der Waals surface area (Å²) in [4.78, 5) is 26.1. The minimum Gasteiger partial charge on any atom is -0.493 e. The van der Waals surface area contributed by atoms with Gasteiger partial charge < -0.3 is 28.3 Å². The lowest BCUT2D eigenvalue weighted by Crippen LogP contribution is -2.32. The maximum atomic E-state index is 13.5. The number of rotatable bonds is 10. The molecule has 2 heterocycles. The number of carbonyl (C=O) groups is 1. The molecule has 1 aliphatic heterocycles. The second-order valence-electron chi connectivity index (χ2n) is 8.97. The molecule has 0 saturated heterocycles. The number of benzene rings is 1. The van der Waals surface area contributed by atoms with Gasteiger partial charge in [0.05, 0.1) is 26.0 Å². The number of hydrogen-bond donors (Lipinski definition) is 0. The van der Waals surface area contributed by atoms with E-state index in [1.807, 2.05) is 12.1 Å². The Labute approximate surface area is 199 Å². The molecule has 1 atom stereocenters. The molecular formula is C26H33NO7. The molecule has 0 amide bonds. The predicted molar refractivity (Wildman–Crippen MR) is 127 cm³/mol. The van der Waals surface area contributed by atoms with Crippen LogP contribution in [0.25, 0.3) is 11.3 Å². The highest BCUT2D eigenvalue weighted by Gasteiger charge is 2.38. The van der Waals surface area contributed by atoms with Crippen LogP contribution in [0.1, 0.15) is 68.1 Å². The van der Waals surface area contributed by atoms with Crippen molar-refractivity contribution in [1.82, 2.24) is 4.57 Å². The van der Waals surface area contributed by atoms with Crippen LogP contribution in [0.5, 0.6) is 17.2 Å². The Balaban J connectivity index is 1.89. The zero-order valence-electron chi connectivity index (χ0n) is 20.5. The lowest BCUT2D eigenvalue weighted by atomic mass is 9.89. The van der Waals surface area contributed by atoms with Crippen molar-refractivity contribution in [3.63, 3.8) is 0 Å². The smallest absolute Gasteiger partial charge is 0.343 e. The fourth-order valence-corrected chi connectivity index (χ4v) is 4.37. The summed E-state index contributed by atoms with van der Waals surface area (Å²) in [5.41, 5.74) is 2.08. The molecule has 34 heavy (non-hydrogen) atoms. The molecule has 2 aliphatic rings. The zero-order valence-corrected chi connectivity index (χ0v) is 20.5. The van der Waals surface area contributed by atoms with Gasteiger partial charge in [-0.1, -0.05) is 13.8 Å². The van der Waals surface area contributed by atoms with Gasteiger partial charge in [0.2, 0.25) is 0 Å². The number of pyridine rings is 1. The van der Waals surface area contributed by atoms with Crippen molar-refractivity contribution in [2.45, 2.75) is 52.2 Å². The summed E-state index contributed by atoms with van der Waals surface area (Å²) < 4.78 is 30.1. The molecule has 4 rings (SSSR count). The fourth-order valence-electron chi connectivity index (χ4n) is 4.37. The van der Waals surface area contributed by atoms with E-state index in [0.717, 1.165) is 36.1 Å². The van der Waals surface area contributed by atoms with Crippen LogP contribution in [0, 0.1) is 5.92 Å². The third kappa shape index (κ3) is 4.51. The summed E-state index contributed by atoms with van der Waals surface area (Å²) in [6.45, 7) is 7.12. The average Bonchev–Trinajstić information content (AvgIpc) is 3.65. The minimum atomic E-state index is -0.601. The van der Waals surface area contributed by atoms with E-state index in [1.54, 1.807) is 31.8 Å². The number of fused-ring (bicyclic) bond motifs is 3. The number of esters is 1. The molecule has 0 radical (unpaired) electrons. The Morgan fingerprint density at radius 1 is 1.15 bits per heavy atom. The number of nitrogens with zero attached hydrogens (tertiary/aromatic N) is 1. The largest absolute Gasteiger partial charge is 0.493 e. The number of methoxy groups -OCH3 is 2. The number of ether oxygens (including phenoxy) is 5. The summed E-state index contributed by atoms with van der Waals surface area (Å²) in [5.74, 6) is 1.26. The molecule has 8 nitrogen and oxygen atoms in total. The molecule has 0 N–H and O–H groups in total. The number of aromatic nitrogens is 1. The standard InChI is InChI=1S/C26H33NO7/c1-6-32-26(29)19-12-18-23(27(25(19)28)16-8-9-16)17-13-21(31-5)22(33-11-7-10-30-4)14-20(17)34-24(18)15(2)3/h12-16,24H,6-11H2,1-5H3. The van der Waals surface area contributed by atoms with Gasteiger partial charge >= 0.3 is 5.97 Å². The zero-order chi connectivity index (χ0) is 24.4. The molecule has 1 saturated carbocycles. The maximum absolute atomic E-state index is 13.5. The van der Waals surface area contributed by atoms with Gasteiger partial charge in [-0.25, -0.2) is 4.79 Å². The van der Waals surface area contributed by atoms with Crippen LogP contribution in [0.2, 0.25) is 0 Å². The van der Waals surface area contributed by atoms with Gasteiger partial charge in [-0.05, 0) is 37.8 Å². The first kappa shape index (κ1) is 24.1. The number of carbonyl (C=O) groups excluding carboxylic acids is 1. The number of hydrogen-bond acceptors (Lipinski definition) is 7. The van der Waals surface area contributed by atoms with Crippen molar-refractivity contribution in [2.24, 2.45) is 5.92 Å². The van der Waals surface area contributed by atoms with E-state index in [-0.39, 0.29) is 35.8 Å². The summed E-state index contributed by atoms with van der Waals surface area (Å²) >= 11 is 0. The molecule has 0 bridgehead atoms.